The highest BCUT2D eigenvalue weighted by Crippen LogP contribution is 2.14. The summed E-state index contributed by atoms with van der Waals surface area (Å²) in [5.41, 5.74) is 0. The van der Waals surface area contributed by atoms with Crippen molar-refractivity contribution in [3.63, 3.8) is 0 Å². The maximum atomic E-state index is 6.04. The lowest BCUT2D eigenvalue weighted by Gasteiger charge is -2.16. The Hall–Kier alpha value is -0.0800. The molecule has 0 saturated carbocycles. The second-order valence-corrected chi connectivity index (χ2v) is 12.0. The Balaban J connectivity index is 3.25. The van der Waals surface area contributed by atoms with Gasteiger partial charge in [-0.05, 0) is 19.3 Å². The molecule has 0 heterocycles. The summed E-state index contributed by atoms with van der Waals surface area (Å²) in [6, 6.07) is 0. The van der Waals surface area contributed by atoms with Gasteiger partial charge in [0.05, 0.1) is 12.7 Å². The number of ether oxygens (including phenoxy) is 2. The molecule has 0 spiro atoms. The van der Waals surface area contributed by atoms with Crippen LogP contribution in [0, 0.1) is 6.92 Å². The summed E-state index contributed by atoms with van der Waals surface area (Å²) in [5.74, 6) is 0. The maximum absolute atomic E-state index is 6.04. The van der Waals surface area contributed by atoms with Gasteiger partial charge in [0, 0.05) is 13.2 Å². The van der Waals surface area contributed by atoms with Crippen LogP contribution in [0.25, 0.3) is 0 Å². The first-order valence-electron chi connectivity index (χ1n) is 17.8. The zero-order chi connectivity index (χ0) is 27.6. The summed E-state index contributed by atoms with van der Waals surface area (Å²) >= 11 is 0. The summed E-state index contributed by atoms with van der Waals surface area (Å²) in [5, 5.41) is 0. The Morgan fingerprint density at radius 1 is 0.395 bits per heavy atom. The van der Waals surface area contributed by atoms with Gasteiger partial charge in [-0.25, -0.2) is 0 Å². The van der Waals surface area contributed by atoms with E-state index >= 15 is 0 Å². The molecule has 0 aliphatic rings. The third-order valence-corrected chi connectivity index (χ3v) is 8.12. The van der Waals surface area contributed by atoms with Crippen molar-refractivity contribution >= 4 is 0 Å². The molecule has 0 aromatic heterocycles. The van der Waals surface area contributed by atoms with Crippen LogP contribution in [0.4, 0.5) is 0 Å². The molecule has 38 heavy (non-hydrogen) atoms. The minimum atomic E-state index is 0.184. The molecule has 0 N–H and O–H groups in total. The molecule has 0 fully saturated rings. The van der Waals surface area contributed by atoms with Crippen molar-refractivity contribution < 1.29 is 9.47 Å². The molecule has 1 radical (unpaired) electrons. The van der Waals surface area contributed by atoms with Crippen molar-refractivity contribution in [2.45, 2.75) is 206 Å². The van der Waals surface area contributed by atoms with Crippen LogP contribution in [0.15, 0.2) is 0 Å². The van der Waals surface area contributed by atoms with Crippen LogP contribution in [-0.4, -0.2) is 25.9 Å². The number of rotatable bonds is 34. The van der Waals surface area contributed by atoms with Crippen LogP contribution in [0.1, 0.15) is 200 Å². The number of hydrogen-bond donors (Lipinski definition) is 0. The highest BCUT2D eigenvalue weighted by Gasteiger charge is 2.06. The standard InChI is InChI=1S/C36H73O2/c1-4-7-9-11-13-15-17-19-21-23-25-27-29-31-33-37-35-36(6-3)38-34-32-30-28-26-24-22-20-18-16-14-12-10-8-5-2/h36H,3-35H2,1-2H3. The van der Waals surface area contributed by atoms with Crippen molar-refractivity contribution in [2.75, 3.05) is 19.8 Å². The molecule has 0 bridgehead atoms. The highest BCUT2D eigenvalue weighted by atomic mass is 16.5. The predicted octanol–water partition coefficient (Wildman–Crippen LogP) is 12.6. The summed E-state index contributed by atoms with van der Waals surface area (Å²) < 4.78 is 11.9. The first kappa shape index (κ1) is 37.9. The van der Waals surface area contributed by atoms with Crippen molar-refractivity contribution in [1.29, 1.82) is 0 Å². The van der Waals surface area contributed by atoms with Gasteiger partial charge >= 0.3 is 0 Å². The van der Waals surface area contributed by atoms with E-state index in [-0.39, 0.29) is 6.10 Å². The third kappa shape index (κ3) is 32.1. The largest absolute Gasteiger partial charge is 0.379 e. The molecule has 229 valence electrons. The van der Waals surface area contributed by atoms with E-state index < -0.39 is 0 Å². The minimum absolute atomic E-state index is 0.184. The van der Waals surface area contributed by atoms with E-state index in [4.69, 9.17) is 9.47 Å². The number of hydrogen-bond acceptors (Lipinski definition) is 2. The van der Waals surface area contributed by atoms with Crippen molar-refractivity contribution in [3.8, 4) is 0 Å². The van der Waals surface area contributed by atoms with Crippen LogP contribution < -0.4 is 0 Å². The predicted molar refractivity (Wildman–Crippen MR) is 171 cm³/mol. The average Bonchev–Trinajstić information content (AvgIpc) is 2.93. The zero-order valence-corrected chi connectivity index (χ0v) is 26.7. The van der Waals surface area contributed by atoms with E-state index in [1.165, 1.54) is 180 Å². The van der Waals surface area contributed by atoms with Crippen LogP contribution in [0.3, 0.4) is 0 Å². The summed E-state index contributed by atoms with van der Waals surface area (Å²) in [6.45, 7) is 11.1. The van der Waals surface area contributed by atoms with Crippen LogP contribution >= 0.6 is 0 Å². The van der Waals surface area contributed by atoms with Crippen molar-refractivity contribution in [1.82, 2.24) is 0 Å². The average molecular weight is 538 g/mol. The Labute approximate surface area is 242 Å². The van der Waals surface area contributed by atoms with Gasteiger partial charge in [-0.3, -0.25) is 0 Å². The topological polar surface area (TPSA) is 18.5 Å². The highest BCUT2D eigenvalue weighted by molar-refractivity contribution is 4.59. The Morgan fingerprint density at radius 3 is 1.00 bits per heavy atom. The SMILES string of the molecule is [CH2]CC(COCCCCCCCCCCCCCCCC)OCCCCCCCCCCCCCCCC. The van der Waals surface area contributed by atoms with E-state index in [2.05, 4.69) is 20.8 Å². The van der Waals surface area contributed by atoms with Gasteiger partial charge in [-0.2, -0.15) is 0 Å². The minimum Gasteiger partial charge on any atom is -0.379 e. The summed E-state index contributed by atoms with van der Waals surface area (Å²) in [6.07, 6.45) is 40.3. The fourth-order valence-electron chi connectivity index (χ4n) is 5.37. The van der Waals surface area contributed by atoms with Gasteiger partial charge in [-0.1, -0.05) is 188 Å². The lowest BCUT2D eigenvalue weighted by molar-refractivity contribution is -0.0171. The van der Waals surface area contributed by atoms with E-state index in [0.29, 0.717) is 0 Å². The molecular weight excluding hydrogens is 464 g/mol. The molecule has 0 amide bonds. The molecule has 0 aromatic rings. The molecule has 0 aliphatic carbocycles. The van der Waals surface area contributed by atoms with Gasteiger partial charge in [0.1, 0.15) is 0 Å². The molecule has 0 rings (SSSR count). The van der Waals surface area contributed by atoms with Crippen molar-refractivity contribution in [3.05, 3.63) is 6.92 Å². The molecule has 0 saturated heterocycles. The molecule has 1 atom stereocenters. The molecular formula is C36H73O2. The Morgan fingerprint density at radius 2 is 0.684 bits per heavy atom. The van der Waals surface area contributed by atoms with Gasteiger partial charge in [0.2, 0.25) is 0 Å². The first-order valence-corrected chi connectivity index (χ1v) is 17.8. The Bertz CT molecular complexity index is 397. The van der Waals surface area contributed by atoms with E-state index in [1.807, 2.05) is 0 Å². The molecule has 0 aliphatic heterocycles. The van der Waals surface area contributed by atoms with E-state index in [1.54, 1.807) is 0 Å². The molecule has 0 aromatic carbocycles. The van der Waals surface area contributed by atoms with Crippen molar-refractivity contribution in [2.24, 2.45) is 0 Å². The lowest BCUT2D eigenvalue weighted by atomic mass is 10.0. The fourth-order valence-corrected chi connectivity index (χ4v) is 5.37. The molecule has 2 nitrogen and oxygen atoms in total. The molecule has 2 heteroatoms. The first-order chi connectivity index (χ1) is 18.8. The lowest BCUT2D eigenvalue weighted by Crippen LogP contribution is -2.20. The van der Waals surface area contributed by atoms with Gasteiger partial charge in [0.25, 0.3) is 0 Å². The maximum Gasteiger partial charge on any atom is 0.0808 e. The van der Waals surface area contributed by atoms with E-state index in [9.17, 15) is 0 Å². The second-order valence-electron chi connectivity index (χ2n) is 12.0. The summed E-state index contributed by atoms with van der Waals surface area (Å²) in [7, 11) is 0. The monoisotopic (exact) mass is 538 g/mol. The zero-order valence-electron chi connectivity index (χ0n) is 26.7. The molecule has 1 unspecified atom stereocenters. The van der Waals surface area contributed by atoms with Crippen LogP contribution in [0.2, 0.25) is 0 Å². The number of unbranched alkanes of at least 4 members (excludes halogenated alkanes) is 26. The quantitative estimate of drug-likeness (QED) is 0.0760. The normalized spacial score (nSPS) is 12.4. The third-order valence-electron chi connectivity index (χ3n) is 8.12. The fraction of sp³-hybridized carbons (Fsp3) is 0.972. The van der Waals surface area contributed by atoms with Gasteiger partial charge in [-0.15, -0.1) is 0 Å². The van der Waals surface area contributed by atoms with E-state index in [0.717, 1.165) is 26.2 Å². The van der Waals surface area contributed by atoms with Crippen LogP contribution in [0.5, 0.6) is 0 Å². The van der Waals surface area contributed by atoms with Gasteiger partial charge in [0.15, 0.2) is 0 Å². The Kier molecular flexibility index (Phi) is 34.9. The second kappa shape index (κ2) is 34.9. The van der Waals surface area contributed by atoms with Gasteiger partial charge < -0.3 is 9.47 Å². The smallest absolute Gasteiger partial charge is 0.0808 e. The summed E-state index contributed by atoms with van der Waals surface area (Å²) in [4.78, 5) is 0. The van der Waals surface area contributed by atoms with Crippen LogP contribution in [-0.2, 0) is 9.47 Å².